The molecule has 21 heavy (non-hydrogen) atoms. The number of benzene rings is 1. The van der Waals surface area contributed by atoms with E-state index in [0.717, 1.165) is 0 Å². The molecule has 0 radical (unpaired) electrons. The summed E-state index contributed by atoms with van der Waals surface area (Å²) in [7, 11) is -3.96. The van der Waals surface area contributed by atoms with Crippen molar-refractivity contribution in [3.8, 4) is 0 Å². The molecule has 1 fully saturated rings. The van der Waals surface area contributed by atoms with Gasteiger partial charge in [0.05, 0.1) is 4.90 Å². The molecule has 0 saturated carbocycles. The Morgan fingerprint density at radius 2 is 2.00 bits per heavy atom. The molecule has 2 N–H and O–H groups in total. The molecule has 8 heteroatoms. The van der Waals surface area contributed by atoms with E-state index < -0.39 is 21.5 Å². The van der Waals surface area contributed by atoms with E-state index in [0.29, 0.717) is 10.6 Å². The van der Waals surface area contributed by atoms with E-state index in [1.807, 2.05) is 0 Å². The molecule has 1 saturated heterocycles. The molecule has 0 aromatic heterocycles. The van der Waals surface area contributed by atoms with Crippen LogP contribution in [0.4, 0.5) is 0 Å². The number of aliphatic carboxylic acids is 1. The average molecular weight is 334 g/mol. The summed E-state index contributed by atoms with van der Waals surface area (Å²) in [5.41, 5.74) is -1.06. The molecule has 1 aromatic rings. The average Bonchev–Trinajstić information content (AvgIpc) is 2.38. The van der Waals surface area contributed by atoms with E-state index in [2.05, 4.69) is 4.72 Å². The van der Waals surface area contributed by atoms with Gasteiger partial charge in [-0.15, -0.1) is 0 Å². The Morgan fingerprint density at radius 3 is 2.52 bits per heavy atom. The molecule has 0 aliphatic carbocycles. The molecule has 1 aromatic carbocycles. The molecular weight excluding hydrogens is 318 g/mol. The molecular formula is C13H16ClNO5S. The first kappa shape index (κ1) is 16.2. The normalized spacial score (nSPS) is 18.4. The predicted molar refractivity (Wildman–Crippen MR) is 76.9 cm³/mol. The van der Waals surface area contributed by atoms with Crippen LogP contribution < -0.4 is 4.72 Å². The summed E-state index contributed by atoms with van der Waals surface area (Å²) in [6.07, 6.45) is 0.183. The van der Waals surface area contributed by atoms with E-state index >= 15 is 0 Å². The zero-order chi connectivity index (χ0) is 15.7. The lowest BCUT2D eigenvalue weighted by Gasteiger charge is -2.33. The van der Waals surface area contributed by atoms with Crippen molar-refractivity contribution in [1.82, 2.24) is 4.72 Å². The third-order valence-corrected chi connectivity index (χ3v) is 5.44. The molecule has 0 bridgehead atoms. The highest BCUT2D eigenvalue weighted by Gasteiger charge is 2.44. The van der Waals surface area contributed by atoms with Gasteiger partial charge in [0.25, 0.3) is 0 Å². The van der Waals surface area contributed by atoms with Crippen molar-refractivity contribution in [2.75, 3.05) is 13.2 Å². The maximum Gasteiger partial charge on any atom is 0.325 e. The van der Waals surface area contributed by atoms with Crippen molar-refractivity contribution >= 4 is 27.6 Å². The van der Waals surface area contributed by atoms with Gasteiger partial charge < -0.3 is 9.84 Å². The molecule has 0 amide bonds. The Bertz CT molecular complexity index is 653. The van der Waals surface area contributed by atoms with Gasteiger partial charge in [-0.2, -0.15) is 4.72 Å². The fourth-order valence-electron chi connectivity index (χ4n) is 2.31. The number of carboxylic acids is 1. The summed E-state index contributed by atoms with van der Waals surface area (Å²) in [5.74, 6) is -1.19. The number of sulfonamides is 1. The summed E-state index contributed by atoms with van der Waals surface area (Å²) < 4.78 is 32.4. The standard InChI is InChI=1S/C13H16ClNO5S/c1-9-8-10(14)2-3-11(9)21(18,19)15-13(12(16)17)4-6-20-7-5-13/h2-3,8,15H,4-7H2,1H3,(H,16,17). The molecule has 1 heterocycles. The Morgan fingerprint density at radius 1 is 1.38 bits per heavy atom. The minimum atomic E-state index is -3.96. The van der Waals surface area contributed by atoms with Crippen molar-refractivity contribution in [2.45, 2.75) is 30.2 Å². The van der Waals surface area contributed by atoms with Crippen LogP contribution in [0.3, 0.4) is 0 Å². The van der Waals surface area contributed by atoms with Gasteiger partial charge in [0.15, 0.2) is 0 Å². The number of hydrogen-bond donors (Lipinski definition) is 2. The zero-order valence-corrected chi connectivity index (χ0v) is 13.0. The summed E-state index contributed by atoms with van der Waals surface area (Å²) in [6, 6.07) is 4.35. The number of ether oxygens (including phenoxy) is 1. The van der Waals surface area contributed by atoms with E-state index in [4.69, 9.17) is 16.3 Å². The summed E-state index contributed by atoms with van der Waals surface area (Å²) in [4.78, 5) is 11.5. The van der Waals surface area contributed by atoms with Crippen molar-refractivity contribution in [3.63, 3.8) is 0 Å². The van der Waals surface area contributed by atoms with Gasteiger partial charge in [-0.05, 0) is 30.7 Å². The third-order valence-electron chi connectivity index (χ3n) is 3.51. The van der Waals surface area contributed by atoms with Gasteiger partial charge in [0.2, 0.25) is 10.0 Å². The first-order chi connectivity index (χ1) is 9.77. The molecule has 0 atom stereocenters. The molecule has 6 nitrogen and oxygen atoms in total. The SMILES string of the molecule is Cc1cc(Cl)ccc1S(=O)(=O)NC1(C(=O)O)CCOCC1. The predicted octanol–water partition coefficient (Wildman–Crippen LogP) is 1.56. The van der Waals surface area contributed by atoms with Crippen LogP contribution in [0, 0.1) is 6.92 Å². The van der Waals surface area contributed by atoms with Gasteiger partial charge in [-0.25, -0.2) is 8.42 Å². The Balaban J connectivity index is 2.37. The highest BCUT2D eigenvalue weighted by Crippen LogP contribution is 2.26. The smallest absolute Gasteiger partial charge is 0.325 e. The molecule has 0 unspecified atom stereocenters. The fourth-order valence-corrected chi connectivity index (χ4v) is 4.18. The Labute approximate surface area is 128 Å². The van der Waals surface area contributed by atoms with E-state index in [1.165, 1.54) is 18.2 Å². The zero-order valence-electron chi connectivity index (χ0n) is 11.4. The lowest BCUT2D eigenvalue weighted by atomic mass is 9.92. The first-order valence-electron chi connectivity index (χ1n) is 6.38. The van der Waals surface area contributed by atoms with Gasteiger partial charge in [-0.1, -0.05) is 11.6 Å². The van der Waals surface area contributed by atoms with Crippen LogP contribution in [-0.2, 0) is 19.6 Å². The van der Waals surface area contributed by atoms with E-state index in [9.17, 15) is 18.3 Å². The highest BCUT2D eigenvalue weighted by atomic mass is 35.5. The minimum absolute atomic E-state index is 0.0269. The maximum absolute atomic E-state index is 12.5. The second kappa shape index (κ2) is 5.92. The van der Waals surface area contributed by atoms with Crippen LogP contribution in [0.15, 0.2) is 23.1 Å². The third kappa shape index (κ3) is 3.37. The van der Waals surface area contributed by atoms with Crippen LogP contribution in [0.1, 0.15) is 18.4 Å². The summed E-state index contributed by atoms with van der Waals surface area (Å²) in [6.45, 7) is 2.01. The topological polar surface area (TPSA) is 92.7 Å². The van der Waals surface area contributed by atoms with Crippen molar-refractivity contribution < 1.29 is 23.1 Å². The highest BCUT2D eigenvalue weighted by molar-refractivity contribution is 7.89. The minimum Gasteiger partial charge on any atom is -0.480 e. The maximum atomic E-state index is 12.5. The van der Waals surface area contributed by atoms with Crippen LogP contribution in [0.5, 0.6) is 0 Å². The Kier molecular flexibility index (Phi) is 4.57. The molecule has 116 valence electrons. The molecule has 1 aliphatic rings. The first-order valence-corrected chi connectivity index (χ1v) is 8.24. The van der Waals surface area contributed by atoms with Gasteiger partial charge in [0, 0.05) is 31.1 Å². The number of carboxylic acid groups (broad SMARTS) is 1. The number of rotatable bonds is 4. The lowest BCUT2D eigenvalue weighted by molar-refractivity contribution is -0.147. The number of nitrogens with one attached hydrogen (secondary N) is 1. The molecule has 2 rings (SSSR count). The van der Waals surface area contributed by atoms with Crippen molar-refractivity contribution in [2.24, 2.45) is 0 Å². The van der Waals surface area contributed by atoms with Crippen LogP contribution >= 0.6 is 11.6 Å². The van der Waals surface area contributed by atoms with Crippen molar-refractivity contribution in [3.05, 3.63) is 28.8 Å². The lowest BCUT2D eigenvalue weighted by Crippen LogP contribution is -2.57. The number of aryl methyl sites for hydroxylation is 1. The quantitative estimate of drug-likeness (QED) is 0.872. The van der Waals surface area contributed by atoms with Crippen LogP contribution in [-0.4, -0.2) is 38.2 Å². The van der Waals surface area contributed by atoms with Gasteiger partial charge in [0.1, 0.15) is 5.54 Å². The largest absolute Gasteiger partial charge is 0.480 e. The van der Waals surface area contributed by atoms with Crippen molar-refractivity contribution in [1.29, 1.82) is 0 Å². The molecule has 1 aliphatic heterocycles. The van der Waals surface area contributed by atoms with Crippen LogP contribution in [0.2, 0.25) is 5.02 Å². The summed E-state index contributed by atoms with van der Waals surface area (Å²) in [5, 5.41) is 9.83. The van der Waals surface area contributed by atoms with Gasteiger partial charge >= 0.3 is 5.97 Å². The second-order valence-corrected chi connectivity index (χ2v) is 7.10. The fraction of sp³-hybridized carbons (Fsp3) is 0.462. The second-order valence-electron chi connectivity index (χ2n) is 5.01. The van der Waals surface area contributed by atoms with Gasteiger partial charge in [-0.3, -0.25) is 4.79 Å². The summed E-state index contributed by atoms with van der Waals surface area (Å²) >= 11 is 5.81. The van der Waals surface area contributed by atoms with E-state index in [-0.39, 0.29) is 31.0 Å². The van der Waals surface area contributed by atoms with E-state index in [1.54, 1.807) is 6.92 Å². The Hall–Kier alpha value is -1.15. The molecule has 0 spiro atoms. The van der Waals surface area contributed by atoms with Crippen LogP contribution in [0.25, 0.3) is 0 Å². The number of hydrogen-bond acceptors (Lipinski definition) is 4. The number of carbonyl (C=O) groups is 1. The number of halogens is 1. The monoisotopic (exact) mass is 333 g/mol.